The number of hydrogen-bond acceptors (Lipinski definition) is 6. The number of aromatic nitrogens is 2. The summed E-state index contributed by atoms with van der Waals surface area (Å²) in [4.78, 5) is 2.37. The van der Waals surface area contributed by atoms with Gasteiger partial charge in [-0.1, -0.05) is 54.6 Å². The van der Waals surface area contributed by atoms with E-state index in [1.165, 1.54) is 4.31 Å². The topological polar surface area (TPSA) is 75.6 Å². The summed E-state index contributed by atoms with van der Waals surface area (Å²) in [5, 5.41) is 8.77. The molecular formula is C27H26N4O3S. The van der Waals surface area contributed by atoms with Gasteiger partial charge in [-0.05, 0) is 47.5 Å². The van der Waals surface area contributed by atoms with Crippen LogP contribution in [0, 0.1) is 0 Å². The zero-order valence-corrected chi connectivity index (χ0v) is 20.2. The van der Waals surface area contributed by atoms with Gasteiger partial charge in [0.2, 0.25) is 10.0 Å². The second-order valence-electron chi connectivity index (χ2n) is 8.26. The lowest BCUT2D eigenvalue weighted by Gasteiger charge is -2.34. The molecular weight excluding hydrogens is 460 g/mol. The van der Waals surface area contributed by atoms with Crippen molar-refractivity contribution in [2.24, 2.45) is 0 Å². The second-order valence-corrected chi connectivity index (χ2v) is 10.2. The number of rotatable bonds is 6. The van der Waals surface area contributed by atoms with E-state index in [9.17, 15) is 8.42 Å². The van der Waals surface area contributed by atoms with E-state index in [0.717, 1.165) is 34.0 Å². The summed E-state index contributed by atoms with van der Waals surface area (Å²) < 4.78 is 33.4. The van der Waals surface area contributed by atoms with Crippen LogP contribution in [0.5, 0.6) is 5.75 Å². The van der Waals surface area contributed by atoms with Crippen LogP contribution in [0.25, 0.3) is 22.4 Å². The number of anilines is 1. The number of ether oxygens (including phenoxy) is 1. The fraction of sp³-hybridized carbons (Fsp3) is 0.185. The molecule has 0 radical (unpaired) electrons. The molecule has 1 aliphatic heterocycles. The van der Waals surface area contributed by atoms with Crippen LogP contribution in [-0.2, 0) is 10.0 Å². The SMILES string of the molecule is COc1ccccc1-c1ccc(N2CCN(S(=O)(=O)c3ccc(-c4ccccc4)cc3)CC2)nn1. The molecule has 0 bridgehead atoms. The molecule has 7 nitrogen and oxygen atoms in total. The van der Waals surface area contributed by atoms with Crippen molar-refractivity contribution in [2.45, 2.75) is 4.90 Å². The minimum atomic E-state index is -3.56. The number of benzene rings is 3. The Balaban J connectivity index is 1.25. The Morgan fingerprint density at radius 2 is 1.37 bits per heavy atom. The van der Waals surface area contributed by atoms with Crippen molar-refractivity contribution in [3.8, 4) is 28.1 Å². The summed E-state index contributed by atoms with van der Waals surface area (Å²) in [5.41, 5.74) is 3.65. The van der Waals surface area contributed by atoms with E-state index < -0.39 is 10.0 Å². The molecule has 0 N–H and O–H groups in total. The standard InChI is InChI=1S/C27H26N4O3S/c1-34-26-10-6-5-9-24(26)25-15-16-27(29-28-25)30-17-19-31(20-18-30)35(32,33)23-13-11-22(12-14-23)21-7-3-2-4-8-21/h2-16H,17-20H2,1H3. The summed E-state index contributed by atoms with van der Waals surface area (Å²) in [5.74, 6) is 1.47. The van der Waals surface area contributed by atoms with Gasteiger partial charge in [-0.3, -0.25) is 0 Å². The predicted molar refractivity (Wildman–Crippen MR) is 137 cm³/mol. The van der Waals surface area contributed by atoms with Crippen LogP contribution in [0.2, 0.25) is 0 Å². The van der Waals surface area contributed by atoms with Gasteiger partial charge in [-0.2, -0.15) is 4.31 Å². The zero-order valence-electron chi connectivity index (χ0n) is 19.4. The van der Waals surface area contributed by atoms with Crippen molar-refractivity contribution in [1.29, 1.82) is 0 Å². The molecule has 1 saturated heterocycles. The molecule has 2 heterocycles. The van der Waals surface area contributed by atoms with Gasteiger partial charge in [0.15, 0.2) is 5.82 Å². The largest absolute Gasteiger partial charge is 0.496 e. The summed E-state index contributed by atoms with van der Waals surface area (Å²) in [6.07, 6.45) is 0. The number of piperazine rings is 1. The van der Waals surface area contributed by atoms with Gasteiger partial charge in [0.1, 0.15) is 5.75 Å². The van der Waals surface area contributed by atoms with E-state index in [1.807, 2.05) is 78.9 Å². The fourth-order valence-corrected chi connectivity index (χ4v) is 5.67. The van der Waals surface area contributed by atoms with Gasteiger partial charge in [0.25, 0.3) is 0 Å². The molecule has 35 heavy (non-hydrogen) atoms. The summed E-state index contributed by atoms with van der Waals surface area (Å²) in [6.45, 7) is 1.87. The third kappa shape index (κ3) is 4.76. The first kappa shape index (κ1) is 23.0. The Bertz CT molecular complexity index is 1380. The number of para-hydroxylation sites is 1. The van der Waals surface area contributed by atoms with Gasteiger partial charge < -0.3 is 9.64 Å². The Morgan fingerprint density at radius 3 is 2.03 bits per heavy atom. The molecule has 0 saturated carbocycles. The Labute approximate surface area is 205 Å². The highest BCUT2D eigenvalue weighted by Crippen LogP contribution is 2.29. The molecule has 5 rings (SSSR count). The summed E-state index contributed by atoms with van der Waals surface area (Å²) >= 11 is 0. The lowest BCUT2D eigenvalue weighted by Crippen LogP contribution is -2.48. The van der Waals surface area contributed by atoms with E-state index in [2.05, 4.69) is 15.1 Å². The van der Waals surface area contributed by atoms with Crippen molar-refractivity contribution in [2.75, 3.05) is 38.2 Å². The molecule has 0 aliphatic carbocycles. The van der Waals surface area contributed by atoms with Gasteiger partial charge in [0, 0.05) is 31.7 Å². The van der Waals surface area contributed by atoms with Crippen LogP contribution in [0.1, 0.15) is 0 Å². The van der Waals surface area contributed by atoms with Crippen LogP contribution >= 0.6 is 0 Å². The molecule has 0 atom stereocenters. The third-order valence-corrected chi connectivity index (χ3v) is 8.11. The van der Waals surface area contributed by atoms with Crippen LogP contribution < -0.4 is 9.64 Å². The second kappa shape index (κ2) is 9.85. The van der Waals surface area contributed by atoms with Gasteiger partial charge in [-0.15, -0.1) is 10.2 Å². The monoisotopic (exact) mass is 486 g/mol. The number of methoxy groups -OCH3 is 1. The van der Waals surface area contributed by atoms with Gasteiger partial charge >= 0.3 is 0 Å². The van der Waals surface area contributed by atoms with E-state index in [-0.39, 0.29) is 0 Å². The van der Waals surface area contributed by atoms with Gasteiger partial charge in [0.05, 0.1) is 17.7 Å². The van der Waals surface area contributed by atoms with Crippen molar-refractivity contribution < 1.29 is 13.2 Å². The Hall–Kier alpha value is -3.75. The molecule has 1 fully saturated rings. The molecule has 178 valence electrons. The quantitative estimate of drug-likeness (QED) is 0.404. The average Bonchev–Trinajstić information content (AvgIpc) is 2.94. The minimum Gasteiger partial charge on any atom is -0.496 e. The molecule has 4 aromatic rings. The first-order valence-electron chi connectivity index (χ1n) is 11.4. The maximum atomic E-state index is 13.2. The molecule has 0 unspecified atom stereocenters. The van der Waals surface area contributed by atoms with E-state index >= 15 is 0 Å². The summed E-state index contributed by atoms with van der Waals surface area (Å²) in [6, 6.07) is 28.5. The molecule has 1 aromatic heterocycles. The first-order valence-corrected chi connectivity index (χ1v) is 12.9. The molecule has 0 amide bonds. The fourth-order valence-electron chi connectivity index (χ4n) is 4.25. The highest BCUT2D eigenvalue weighted by atomic mass is 32.2. The maximum Gasteiger partial charge on any atom is 0.243 e. The smallest absolute Gasteiger partial charge is 0.243 e. The normalized spacial score (nSPS) is 14.6. The molecule has 1 aliphatic rings. The molecule has 3 aromatic carbocycles. The zero-order chi connectivity index (χ0) is 24.3. The van der Waals surface area contributed by atoms with Crippen LogP contribution in [0.4, 0.5) is 5.82 Å². The van der Waals surface area contributed by atoms with Crippen molar-refractivity contribution in [3.05, 3.63) is 91.0 Å². The highest BCUT2D eigenvalue weighted by Gasteiger charge is 2.29. The van der Waals surface area contributed by atoms with E-state index in [4.69, 9.17) is 4.74 Å². The average molecular weight is 487 g/mol. The predicted octanol–water partition coefficient (Wildman–Crippen LogP) is 4.33. The Kier molecular flexibility index (Phi) is 6.48. The minimum absolute atomic E-state index is 0.312. The van der Waals surface area contributed by atoms with Crippen molar-refractivity contribution >= 4 is 15.8 Å². The lowest BCUT2D eigenvalue weighted by atomic mass is 10.1. The number of hydrogen-bond donors (Lipinski definition) is 0. The van der Waals surface area contributed by atoms with E-state index in [0.29, 0.717) is 31.1 Å². The number of sulfonamides is 1. The number of nitrogens with zero attached hydrogens (tertiary/aromatic N) is 4. The summed E-state index contributed by atoms with van der Waals surface area (Å²) in [7, 11) is -1.93. The van der Waals surface area contributed by atoms with Crippen LogP contribution in [-0.4, -0.2) is 56.2 Å². The molecule has 0 spiro atoms. The maximum absolute atomic E-state index is 13.2. The van der Waals surface area contributed by atoms with Crippen molar-refractivity contribution in [3.63, 3.8) is 0 Å². The van der Waals surface area contributed by atoms with E-state index in [1.54, 1.807) is 19.2 Å². The molecule has 8 heteroatoms. The highest BCUT2D eigenvalue weighted by molar-refractivity contribution is 7.89. The van der Waals surface area contributed by atoms with Crippen molar-refractivity contribution in [1.82, 2.24) is 14.5 Å². The van der Waals surface area contributed by atoms with Crippen LogP contribution in [0.3, 0.4) is 0 Å². The lowest BCUT2D eigenvalue weighted by molar-refractivity contribution is 0.383. The van der Waals surface area contributed by atoms with Gasteiger partial charge in [-0.25, -0.2) is 8.42 Å². The third-order valence-electron chi connectivity index (χ3n) is 6.20. The Morgan fingerprint density at radius 1 is 0.714 bits per heavy atom. The van der Waals surface area contributed by atoms with Crippen LogP contribution in [0.15, 0.2) is 95.9 Å². The first-order chi connectivity index (χ1) is 17.1.